The third kappa shape index (κ3) is 2.41. The van der Waals surface area contributed by atoms with E-state index in [4.69, 9.17) is 0 Å². The summed E-state index contributed by atoms with van der Waals surface area (Å²) in [6, 6.07) is 3.57. The van der Waals surface area contributed by atoms with Crippen molar-refractivity contribution in [2.45, 2.75) is 6.18 Å². The molecule has 0 fully saturated rings. The molecule has 0 radical (unpaired) electrons. The van der Waals surface area contributed by atoms with E-state index in [0.29, 0.717) is 11.8 Å². The quantitative estimate of drug-likeness (QED) is 0.566. The summed E-state index contributed by atoms with van der Waals surface area (Å²) in [7, 11) is 0. The first-order valence-corrected chi connectivity index (χ1v) is 4.61. The van der Waals surface area contributed by atoms with Crippen LogP contribution in [-0.2, 0) is 6.18 Å². The first kappa shape index (κ1) is 11.5. The molecular weight excluding hydrogens is 236 g/mol. The maximum absolute atomic E-state index is 13.3. The third-order valence-electron chi connectivity index (χ3n) is 2.16. The van der Waals surface area contributed by atoms with Gasteiger partial charge in [0.25, 0.3) is 0 Å². The second-order valence-corrected chi connectivity index (χ2v) is 3.30. The Balaban J connectivity index is 2.55. The maximum Gasteiger partial charge on any atom is 0.417 e. The molecular formula is C11H6F4N2. The van der Waals surface area contributed by atoms with Crippen molar-refractivity contribution in [2.24, 2.45) is 0 Å². The van der Waals surface area contributed by atoms with E-state index in [-0.39, 0.29) is 5.56 Å². The molecule has 0 aliphatic heterocycles. The molecule has 0 atom stereocenters. The molecule has 17 heavy (non-hydrogen) atoms. The van der Waals surface area contributed by atoms with Crippen LogP contribution in [-0.4, -0.2) is 9.97 Å². The fourth-order valence-electron chi connectivity index (χ4n) is 1.34. The molecule has 0 N–H and O–H groups in total. The predicted octanol–water partition coefficient (Wildman–Crippen LogP) is 3.30. The van der Waals surface area contributed by atoms with Crippen LogP contribution in [0.25, 0.3) is 11.1 Å². The zero-order chi connectivity index (χ0) is 12.5. The lowest BCUT2D eigenvalue weighted by Crippen LogP contribution is -2.06. The Morgan fingerprint density at radius 2 is 1.71 bits per heavy atom. The molecule has 0 bridgehead atoms. The summed E-state index contributed by atoms with van der Waals surface area (Å²) < 4.78 is 50.7. The van der Waals surface area contributed by atoms with Crippen LogP contribution in [0.15, 0.2) is 36.8 Å². The molecule has 0 aliphatic carbocycles. The number of alkyl halides is 3. The molecule has 88 valence electrons. The van der Waals surface area contributed by atoms with Gasteiger partial charge in [0.1, 0.15) is 0 Å². The highest BCUT2D eigenvalue weighted by Crippen LogP contribution is 2.32. The van der Waals surface area contributed by atoms with Crippen molar-refractivity contribution in [3.8, 4) is 11.1 Å². The largest absolute Gasteiger partial charge is 0.417 e. The van der Waals surface area contributed by atoms with Gasteiger partial charge in [-0.15, -0.1) is 0 Å². The SMILES string of the molecule is Fc1ncc(C(F)(F)F)cc1-c1ccncc1. The Labute approximate surface area is 94.0 Å². The van der Waals surface area contributed by atoms with Crippen molar-refractivity contribution in [3.05, 3.63) is 48.3 Å². The number of rotatable bonds is 1. The van der Waals surface area contributed by atoms with Crippen molar-refractivity contribution in [2.75, 3.05) is 0 Å². The van der Waals surface area contributed by atoms with Gasteiger partial charge in [-0.3, -0.25) is 4.98 Å². The van der Waals surface area contributed by atoms with Gasteiger partial charge in [0.15, 0.2) is 0 Å². The number of hydrogen-bond donors (Lipinski definition) is 0. The molecule has 2 rings (SSSR count). The van der Waals surface area contributed by atoms with Crippen LogP contribution in [0, 0.1) is 5.95 Å². The molecule has 2 aromatic rings. The highest BCUT2D eigenvalue weighted by molar-refractivity contribution is 5.63. The Kier molecular flexibility index (Phi) is 2.79. The molecule has 2 heterocycles. The highest BCUT2D eigenvalue weighted by atomic mass is 19.4. The van der Waals surface area contributed by atoms with Gasteiger partial charge in [0.05, 0.1) is 5.56 Å². The van der Waals surface area contributed by atoms with Gasteiger partial charge in [-0.1, -0.05) is 0 Å². The van der Waals surface area contributed by atoms with Crippen molar-refractivity contribution in [3.63, 3.8) is 0 Å². The van der Waals surface area contributed by atoms with Crippen molar-refractivity contribution in [1.29, 1.82) is 0 Å². The molecule has 0 aliphatic rings. The maximum atomic E-state index is 13.3. The van der Waals surface area contributed by atoms with E-state index in [1.807, 2.05) is 0 Å². The minimum atomic E-state index is -4.54. The fraction of sp³-hybridized carbons (Fsp3) is 0.0909. The summed E-state index contributed by atoms with van der Waals surface area (Å²) in [6.07, 6.45) is -1.33. The van der Waals surface area contributed by atoms with E-state index in [1.165, 1.54) is 24.5 Å². The summed E-state index contributed by atoms with van der Waals surface area (Å²) in [4.78, 5) is 6.82. The topological polar surface area (TPSA) is 25.8 Å². The summed E-state index contributed by atoms with van der Waals surface area (Å²) in [6.45, 7) is 0. The van der Waals surface area contributed by atoms with Gasteiger partial charge >= 0.3 is 6.18 Å². The van der Waals surface area contributed by atoms with E-state index >= 15 is 0 Å². The van der Waals surface area contributed by atoms with Gasteiger partial charge < -0.3 is 0 Å². The van der Waals surface area contributed by atoms with Crippen molar-refractivity contribution < 1.29 is 17.6 Å². The van der Waals surface area contributed by atoms with E-state index in [9.17, 15) is 17.6 Å². The van der Waals surface area contributed by atoms with Crippen LogP contribution in [0.1, 0.15) is 5.56 Å². The van der Waals surface area contributed by atoms with Gasteiger partial charge in [0.2, 0.25) is 5.95 Å². The highest BCUT2D eigenvalue weighted by Gasteiger charge is 2.31. The standard InChI is InChI=1S/C11H6F4N2/c12-10-9(7-1-3-16-4-2-7)5-8(6-17-10)11(13,14)15/h1-6H. The molecule has 0 amide bonds. The second-order valence-electron chi connectivity index (χ2n) is 3.30. The Bertz CT molecular complexity index is 523. The predicted molar refractivity (Wildman–Crippen MR) is 52.4 cm³/mol. The van der Waals surface area contributed by atoms with Gasteiger partial charge in [-0.05, 0) is 23.8 Å². The summed E-state index contributed by atoms with van der Waals surface area (Å²) in [5.41, 5.74) is -0.871. The average molecular weight is 242 g/mol. The zero-order valence-electron chi connectivity index (χ0n) is 8.37. The lowest BCUT2D eigenvalue weighted by Gasteiger charge is -2.08. The molecule has 0 saturated carbocycles. The molecule has 0 aromatic carbocycles. The number of aromatic nitrogens is 2. The molecule has 2 aromatic heterocycles. The molecule has 0 saturated heterocycles. The van der Waals surface area contributed by atoms with E-state index < -0.39 is 17.7 Å². The summed E-state index contributed by atoms with van der Waals surface area (Å²) >= 11 is 0. The Hall–Kier alpha value is -1.98. The molecule has 6 heteroatoms. The minimum Gasteiger partial charge on any atom is -0.265 e. The van der Waals surface area contributed by atoms with Gasteiger partial charge in [0, 0.05) is 24.2 Å². The summed E-state index contributed by atoms with van der Waals surface area (Å²) in [5.74, 6) is -0.941. The van der Waals surface area contributed by atoms with Crippen molar-refractivity contribution in [1.82, 2.24) is 9.97 Å². The van der Waals surface area contributed by atoms with Crippen LogP contribution in [0.4, 0.5) is 17.6 Å². The third-order valence-corrected chi connectivity index (χ3v) is 2.16. The number of pyridine rings is 2. The number of halogens is 4. The van der Waals surface area contributed by atoms with Crippen molar-refractivity contribution >= 4 is 0 Å². The molecule has 0 spiro atoms. The van der Waals surface area contributed by atoms with Gasteiger partial charge in [-0.25, -0.2) is 4.98 Å². The zero-order valence-corrected chi connectivity index (χ0v) is 8.37. The first-order valence-electron chi connectivity index (χ1n) is 4.61. The number of hydrogen-bond acceptors (Lipinski definition) is 2. The van der Waals surface area contributed by atoms with Crippen LogP contribution >= 0.6 is 0 Å². The van der Waals surface area contributed by atoms with Crippen LogP contribution in [0.5, 0.6) is 0 Å². The van der Waals surface area contributed by atoms with Crippen LogP contribution in [0.2, 0.25) is 0 Å². The smallest absolute Gasteiger partial charge is 0.265 e. The van der Waals surface area contributed by atoms with E-state index in [0.717, 1.165) is 6.07 Å². The fourth-order valence-corrected chi connectivity index (χ4v) is 1.34. The first-order chi connectivity index (χ1) is 7.98. The van der Waals surface area contributed by atoms with E-state index in [2.05, 4.69) is 9.97 Å². The number of nitrogens with zero attached hydrogens (tertiary/aromatic N) is 2. The van der Waals surface area contributed by atoms with Crippen LogP contribution < -0.4 is 0 Å². The monoisotopic (exact) mass is 242 g/mol. The van der Waals surface area contributed by atoms with Gasteiger partial charge in [-0.2, -0.15) is 17.6 Å². The normalized spacial score (nSPS) is 11.5. The molecule has 2 nitrogen and oxygen atoms in total. The second kappa shape index (κ2) is 4.12. The lowest BCUT2D eigenvalue weighted by molar-refractivity contribution is -0.137. The average Bonchev–Trinajstić information content (AvgIpc) is 2.29. The molecule has 0 unspecified atom stereocenters. The van der Waals surface area contributed by atoms with E-state index in [1.54, 1.807) is 0 Å². The lowest BCUT2D eigenvalue weighted by atomic mass is 10.1. The Morgan fingerprint density at radius 3 is 2.29 bits per heavy atom. The Morgan fingerprint density at radius 1 is 1.06 bits per heavy atom. The minimum absolute atomic E-state index is 0.192. The summed E-state index contributed by atoms with van der Waals surface area (Å²) in [5, 5.41) is 0. The van der Waals surface area contributed by atoms with Crippen LogP contribution in [0.3, 0.4) is 0 Å².